The zero-order valence-electron chi connectivity index (χ0n) is 10.8. The van der Waals surface area contributed by atoms with Crippen LogP contribution < -0.4 is 16.0 Å². The first-order valence-corrected chi connectivity index (χ1v) is 5.99. The van der Waals surface area contributed by atoms with Gasteiger partial charge in [0.2, 0.25) is 0 Å². The summed E-state index contributed by atoms with van der Waals surface area (Å²) in [7, 11) is 1.58. The summed E-state index contributed by atoms with van der Waals surface area (Å²) in [5.74, 6) is -0.152. The summed E-state index contributed by atoms with van der Waals surface area (Å²) in [6.07, 6.45) is 0. The molecule has 1 atom stereocenters. The van der Waals surface area contributed by atoms with Gasteiger partial charge in [-0.25, -0.2) is 0 Å². The third-order valence-corrected chi connectivity index (χ3v) is 2.66. The minimum Gasteiger partial charge on any atom is -0.354 e. The van der Waals surface area contributed by atoms with Crippen LogP contribution in [0.3, 0.4) is 0 Å². The molecule has 0 aliphatic carbocycles. The van der Waals surface area contributed by atoms with Crippen molar-refractivity contribution in [1.82, 2.24) is 10.6 Å². The van der Waals surface area contributed by atoms with Crippen molar-refractivity contribution in [2.75, 3.05) is 13.6 Å². The maximum atomic E-state index is 11.7. The van der Waals surface area contributed by atoms with Crippen molar-refractivity contribution in [3.63, 3.8) is 0 Å². The number of likely N-dealkylation sites (N-methyl/N-ethyl adjacent to an activating group) is 1. The molecule has 0 fully saturated rings. The lowest BCUT2D eigenvalue weighted by atomic mass is 10.2. The molecule has 1 rings (SSSR count). The highest BCUT2D eigenvalue weighted by molar-refractivity contribution is 5.80. The number of quaternary nitrogens is 1. The van der Waals surface area contributed by atoms with Crippen molar-refractivity contribution in [3.8, 4) is 0 Å². The van der Waals surface area contributed by atoms with Gasteiger partial charge in [-0.05, 0) is 12.5 Å². The third kappa shape index (κ3) is 4.97. The Morgan fingerprint density at radius 3 is 2.56 bits per heavy atom. The third-order valence-electron chi connectivity index (χ3n) is 2.66. The largest absolute Gasteiger partial charge is 0.354 e. The van der Waals surface area contributed by atoms with Crippen molar-refractivity contribution in [1.29, 1.82) is 0 Å². The van der Waals surface area contributed by atoms with E-state index < -0.39 is 0 Å². The van der Waals surface area contributed by atoms with Gasteiger partial charge in [-0.3, -0.25) is 9.59 Å². The molecule has 0 aliphatic rings. The Balaban J connectivity index is 2.30. The molecule has 1 aromatic carbocycles. The second-order valence-corrected chi connectivity index (χ2v) is 4.11. The van der Waals surface area contributed by atoms with Crippen LogP contribution in [-0.2, 0) is 16.1 Å². The molecule has 18 heavy (non-hydrogen) atoms. The van der Waals surface area contributed by atoms with E-state index in [1.165, 1.54) is 0 Å². The first-order chi connectivity index (χ1) is 8.63. The monoisotopic (exact) mass is 250 g/mol. The van der Waals surface area contributed by atoms with Gasteiger partial charge in [-0.1, -0.05) is 30.3 Å². The summed E-state index contributed by atoms with van der Waals surface area (Å²) in [6.45, 7) is 2.55. The van der Waals surface area contributed by atoms with Crippen LogP contribution in [0.15, 0.2) is 30.3 Å². The molecule has 0 radical (unpaired) electrons. The molecule has 0 heterocycles. The molecule has 98 valence electrons. The lowest BCUT2D eigenvalue weighted by molar-refractivity contribution is -0.663. The smallest absolute Gasteiger partial charge is 0.278 e. The average molecular weight is 250 g/mol. The standard InChI is InChI=1S/C13H19N3O2/c1-10(15-9-12(17)14-2)13(18)16-8-11-6-4-3-5-7-11/h3-7,10,15H,8-9H2,1-2H3,(H,14,17)(H,16,18)/p+1/t10-/m0/s1. The summed E-state index contributed by atoms with van der Waals surface area (Å²) in [5, 5.41) is 7.06. The van der Waals surface area contributed by atoms with Crippen molar-refractivity contribution in [2.24, 2.45) is 0 Å². The van der Waals surface area contributed by atoms with E-state index >= 15 is 0 Å². The fourth-order valence-electron chi connectivity index (χ4n) is 1.44. The summed E-state index contributed by atoms with van der Waals surface area (Å²) < 4.78 is 0. The second-order valence-electron chi connectivity index (χ2n) is 4.11. The molecular formula is C13H20N3O2+. The van der Waals surface area contributed by atoms with Crippen LogP contribution in [0.5, 0.6) is 0 Å². The van der Waals surface area contributed by atoms with Crippen LogP contribution in [0.2, 0.25) is 0 Å². The lowest BCUT2D eigenvalue weighted by Crippen LogP contribution is -2.93. The van der Waals surface area contributed by atoms with E-state index in [0.29, 0.717) is 6.54 Å². The van der Waals surface area contributed by atoms with Crippen molar-refractivity contribution < 1.29 is 14.9 Å². The second kappa shape index (κ2) is 7.45. The minimum atomic E-state index is -0.272. The Morgan fingerprint density at radius 2 is 1.94 bits per heavy atom. The minimum absolute atomic E-state index is 0.0669. The van der Waals surface area contributed by atoms with Gasteiger partial charge in [-0.15, -0.1) is 0 Å². The van der Waals surface area contributed by atoms with E-state index in [4.69, 9.17) is 0 Å². The molecule has 1 aromatic rings. The number of carbonyl (C=O) groups is 2. The van der Waals surface area contributed by atoms with Gasteiger partial charge in [0.25, 0.3) is 11.8 Å². The molecule has 5 nitrogen and oxygen atoms in total. The van der Waals surface area contributed by atoms with Crippen LogP contribution in [0, 0.1) is 0 Å². The van der Waals surface area contributed by atoms with E-state index in [1.807, 2.05) is 30.3 Å². The van der Waals surface area contributed by atoms with Gasteiger partial charge < -0.3 is 16.0 Å². The van der Waals surface area contributed by atoms with E-state index in [2.05, 4.69) is 10.6 Å². The summed E-state index contributed by atoms with van der Waals surface area (Å²) in [6, 6.07) is 9.44. The molecule has 0 aromatic heterocycles. The van der Waals surface area contributed by atoms with Gasteiger partial charge in [0.15, 0.2) is 12.6 Å². The molecule has 0 aliphatic heterocycles. The number of hydrogen-bond acceptors (Lipinski definition) is 2. The van der Waals surface area contributed by atoms with Gasteiger partial charge in [-0.2, -0.15) is 0 Å². The Kier molecular flexibility index (Phi) is 5.87. The summed E-state index contributed by atoms with van der Waals surface area (Å²) >= 11 is 0. The number of nitrogens with two attached hydrogens (primary N) is 1. The quantitative estimate of drug-likeness (QED) is 0.606. The van der Waals surface area contributed by atoms with Crippen molar-refractivity contribution >= 4 is 11.8 Å². The first kappa shape index (κ1) is 14.2. The molecule has 0 saturated carbocycles. The zero-order chi connectivity index (χ0) is 13.4. The van der Waals surface area contributed by atoms with E-state index in [0.717, 1.165) is 5.56 Å². The van der Waals surface area contributed by atoms with E-state index in [-0.39, 0.29) is 24.4 Å². The molecule has 0 bridgehead atoms. The SMILES string of the molecule is CNC(=O)C[NH2+][C@@H](C)C(=O)NCc1ccccc1. The van der Waals surface area contributed by atoms with Crippen LogP contribution in [0.4, 0.5) is 0 Å². The van der Waals surface area contributed by atoms with Gasteiger partial charge in [0.05, 0.1) is 0 Å². The maximum Gasteiger partial charge on any atom is 0.278 e. The lowest BCUT2D eigenvalue weighted by Gasteiger charge is -2.10. The Bertz CT molecular complexity index is 392. The highest BCUT2D eigenvalue weighted by atomic mass is 16.2. The summed E-state index contributed by atoms with van der Waals surface area (Å²) in [4.78, 5) is 22.8. The molecule has 0 saturated heterocycles. The Morgan fingerprint density at radius 1 is 1.28 bits per heavy atom. The highest BCUT2D eigenvalue weighted by Crippen LogP contribution is 1.96. The zero-order valence-corrected chi connectivity index (χ0v) is 10.8. The number of rotatable bonds is 6. The Labute approximate surface area is 107 Å². The highest BCUT2D eigenvalue weighted by Gasteiger charge is 2.16. The number of amides is 2. The molecule has 4 N–H and O–H groups in total. The Hall–Kier alpha value is -1.88. The normalized spacial score (nSPS) is 11.7. The van der Waals surface area contributed by atoms with Crippen molar-refractivity contribution in [3.05, 3.63) is 35.9 Å². The fourth-order valence-corrected chi connectivity index (χ4v) is 1.44. The predicted octanol–water partition coefficient (Wildman–Crippen LogP) is -0.999. The van der Waals surface area contributed by atoms with E-state index in [9.17, 15) is 9.59 Å². The van der Waals surface area contributed by atoms with Crippen LogP contribution in [-0.4, -0.2) is 31.4 Å². The average Bonchev–Trinajstić information content (AvgIpc) is 2.42. The molecule has 0 unspecified atom stereocenters. The van der Waals surface area contributed by atoms with Crippen LogP contribution in [0.25, 0.3) is 0 Å². The molecule has 5 heteroatoms. The molecule has 0 spiro atoms. The van der Waals surface area contributed by atoms with Gasteiger partial charge in [0.1, 0.15) is 0 Å². The number of hydrogen-bond donors (Lipinski definition) is 3. The number of benzene rings is 1. The fraction of sp³-hybridized carbons (Fsp3) is 0.385. The summed E-state index contributed by atoms with van der Waals surface area (Å²) in [5.41, 5.74) is 1.06. The predicted molar refractivity (Wildman–Crippen MR) is 68.6 cm³/mol. The van der Waals surface area contributed by atoms with Gasteiger partial charge >= 0.3 is 0 Å². The topological polar surface area (TPSA) is 74.8 Å². The number of nitrogens with one attached hydrogen (secondary N) is 2. The van der Waals surface area contributed by atoms with E-state index in [1.54, 1.807) is 19.3 Å². The van der Waals surface area contributed by atoms with Crippen LogP contribution >= 0.6 is 0 Å². The first-order valence-electron chi connectivity index (χ1n) is 5.99. The van der Waals surface area contributed by atoms with Gasteiger partial charge in [0, 0.05) is 13.6 Å². The van der Waals surface area contributed by atoms with Crippen LogP contribution in [0.1, 0.15) is 12.5 Å². The van der Waals surface area contributed by atoms with Crippen molar-refractivity contribution in [2.45, 2.75) is 19.5 Å². The maximum absolute atomic E-state index is 11.7. The number of carbonyl (C=O) groups excluding carboxylic acids is 2. The molecule has 2 amide bonds. The molecular weight excluding hydrogens is 230 g/mol.